The first kappa shape index (κ1) is 17.2. The van der Waals surface area contributed by atoms with E-state index in [0.29, 0.717) is 11.8 Å². The molecule has 0 bridgehead atoms. The lowest BCUT2D eigenvalue weighted by Gasteiger charge is -2.21. The lowest BCUT2D eigenvalue weighted by Crippen LogP contribution is -2.21. The van der Waals surface area contributed by atoms with Crippen molar-refractivity contribution >= 4 is 39.8 Å². The minimum Gasteiger partial charge on any atom is -0.357 e. The molecule has 3 rings (SSSR count). The monoisotopic (exact) mass is 362 g/mol. The van der Waals surface area contributed by atoms with Crippen molar-refractivity contribution in [2.24, 2.45) is 0 Å². The summed E-state index contributed by atoms with van der Waals surface area (Å²) >= 11 is 2.96. The zero-order chi connectivity index (χ0) is 16.8. The van der Waals surface area contributed by atoms with Crippen molar-refractivity contribution in [3.63, 3.8) is 0 Å². The van der Waals surface area contributed by atoms with Gasteiger partial charge in [0, 0.05) is 11.7 Å². The number of thioether (sulfide) groups is 1. The third-order valence-electron chi connectivity index (χ3n) is 4.09. The first-order valence-corrected chi connectivity index (χ1v) is 10.1. The molecule has 128 valence electrons. The Kier molecular flexibility index (Phi) is 6.09. The predicted molar refractivity (Wildman–Crippen MR) is 101 cm³/mol. The van der Waals surface area contributed by atoms with Gasteiger partial charge in [0.2, 0.25) is 11.0 Å². The summed E-state index contributed by atoms with van der Waals surface area (Å²) in [6.45, 7) is 1.98. The van der Waals surface area contributed by atoms with Gasteiger partial charge in [-0.2, -0.15) is 0 Å². The van der Waals surface area contributed by atoms with Gasteiger partial charge in [0.05, 0.1) is 5.75 Å². The molecule has 2 aromatic rings. The summed E-state index contributed by atoms with van der Waals surface area (Å²) in [5, 5.41) is 15.6. The second-order valence-electron chi connectivity index (χ2n) is 6.00. The number of nitrogens with zero attached hydrogens (tertiary/aromatic N) is 2. The van der Waals surface area contributed by atoms with Gasteiger partial charge in [-0.1, -0.05) is 60.6 Å². The van der Waals surface area contributed by atoms with Crippen LogP contribution >= 0.6 is 23.1 Å². The van der Waals surface area contributed by atoms with Crippen LogP contribution in [0.1, 0.15) is 37.7 Å². The van der Waals surface area contributed by atoms with Crippen LogP contribution in [-0.4, -0.2) is 27.9 Å². The van der Waals surface area contributed by atoms with Crippen LogP contribution in [0.15, 0.2) is 28.6 Å². The zero-order valence-electron chi connectivity index (χ0n) is 13.7. The normalized spacial score (nSPS) is 15.2. The Morgan fingerprint density at radius 2 is 2.04 bits per heavy atom. The number of anilines is 2. The molecule has 2 N–H and O–H groups in total. The summed E-state index contributed by atoms with van der Waals surface area (Å²) in [4.78, 5) is 12.1. The Bertz CT molecular complexity index is 683. The predicted octanol–water partition coefficient (Wildman–Crippen LogP) is 4.32. The van der Waals surface area contributed by atoms with Crippen LogP contribution in [0.5, 0.6) is 0 Å². The van der Waals surface area contributed by atoms with Crippen LogP contribution in [-0.2, 0) is 4.79 Å². The summed E-state index contributed by atoms with van der Waals surface area (Å²) in [7, 11) is 0. The fourth-order valence-electron chi connectivity index (χ4n) is 2.77. The van der Waals surface area contributed by atoms with Crippen molar-refractivity contribution in [1.29, 1.82) is 0 Å². The maximum atomic E-state index is 12.1. The van der Waals surface area contributed by atoms with E-state index in [-0.39, 0.29) is 5.91 Å². The van der Waals surface area contributed by atoms with E-state index in [0.717, 1.165) is 20.7 Å². The Labute approximate surface area is 150 Å². The SMILES string of the molecule is Cc1ccccc1NC(=O)CSc1nnc(NC2CCCCC2)s1. The number of carbonyl (C=O) groups is 1. The van der Waals surface area contributed by atoms with Gasteiger partial charge in [-0.15, -0.1) is 10.2 Å². The molecule has 1 aromatic heterocycles. The molecule has 0 unspecified atom stereocenters. The minimum atomic E-state index is -0.0220. The summed E-state index contributed by atoms with van der Waals surface area (Å²) < 4.78 is 0.827. The standard InChI is InChI=1S/C17H22N4OS2/c1-12-7-5-6-10-14(12)19-15(22)11-23-17-21-20-16(24-17)18-13-8-3-2-4-9-13/h5-7,10,13H,2-4,8-9,11H2,1H3,(H,18,20)(H,19,22). The van der Waals surface area contributed by atoms with E-state index >= 15 is 0 Å². The van der Waals surface area contributed by atoms with Crippen LogP contribution in [0.3, 0.4) is 0 Å². The van der Waals surface area contributed by atoms with Crippen molar-refractivity contribution in [2.45, 2.75) is 49.4 Å². The number of aryl methyl sites for hydroxylation is 1. The van der Waals surface area contributed by atoms with Crippen LogP contribution in [0.25, 0.3) is 0 Å². The highest BCUT2D eigenvalue weighted by Crippen LogP contribution is 2.28. The smallest absolute Gasteiger partial charge is 0.234 e. The average molecular weight is 363 g/mol. The molecule has 5 nitrogen and oxygen atoms in total. The number of hydrogen-bond acceptors (Lipinski definition) is 6. The minimum absolute atomic E-state index is 0.0220. The van der Waals surface area contributed by atoms with E-state index in [9.17, 15) is 4.79 Å². The van der Waals surface area contributed by atoms with Gasteiger partial charge in [-0.3, -0.25) is 4.79 Å². The van der Waals surface area contributed by atoms with Gasteiger partial charge >= 0.3 is 0 Å². The molecule has 24 heavy (non-hydrogen) atoms. The molecule has 1 saturated carbocycles. The molecule has 0 atom stereocenters. The van der Waals surface area contributed by atoms with E-state index in [1.165, 1.54) is 55.2 Å². The van der Waals surface area contributed by atoms with E-state index < -0.39 is 0 Å². The van der Waals surface area contributed by atoms with E-state index in [1.807, 2.05) is 31.2 Å². The molecule has 0 radical (unpaired) electrons. The molecular formula is C17H22N4OS2. The van der Waals surface area contributed by atoms with Crippen LogP contribution in [0.4, 0.5) is 10.8 Å². The lowest BCUT2D eigenvalue weighted by molar-refractivity contribution is -0.113. The van der Waals surface area contributed by atoms with E-state index in [4.69, 9.17) is 0 Å². The maximum absolute atomic E-state index is 12.1. The molecule has 1 heterocycles. The Balaban J connectivity index is 1.46. The van der Waals surface area contributed by atoms with Gasteiger partial charge in [-0.25, -0.2) is 0 Å². The second kappa shape index (κ2) is 8.48. The number of aromatic nitrogens is 2. The number of nitrogens with one attached hydrogen (secondary N) is 2. The molecule has 0 saturated heterocycles. The third-order valence-corrected chi connectivity index (χ3v) is 6.07. The highest BCUT2D eigenvalue weighted by Gasteiger charge is 2.15. The highest BCUT2D eigenvalue weighted by atomic mass is 32.2. The van der Waals surface area contributed by atoms with Gasteiger partial charge in [-0.05, 0) is 31.4 Å². The second-order valence-corrected chi connectivity index (χ2v) is 8.20. The van der Waals surface area contributed by atoms with Crippen molar-refractivity contribution in [3.8, 4) is 0 Å². The maximum Gasteiger partial charge on any atom is 0.234 e. The van der Waals surface area contributed by atoms with E-state index in [1.54, 1.807) is 0 Å². The first-order chi connectivity index (χ1) is 11.7. The molecule has 0 spiro atoms. The number of carbonyl (C=O) groups excluding carboxylic acids is 1. The first-order valence-electron chi connectivity index (χ1n) is 8.29. The Hall–Kier alpha value is -1.60. The van der Waals surface area contributed by atoms with Gasteiger partial charge in [0.15, 0.2) is 4.34 Å². The van der Waals surface area contributed by atoms with Crippen molar-refractivity contribution in [3.05, 3.63) is 29.8 Å². The fraction of sp³-hybridized carbons (Fsp3) is 0.471. The molecule has 7 heteroatoms. The highest BCUT2D eigenvalue weighted by molar-refractivity contribution is 8.01. The van der Waals surface area contributed by atoms with Crippen molar-refractivity contribution in [2.75, 3.05) is 16.4 Å². The van der Waals surface area contributed by atoms with Crippen LogP contribution in [0, 0.1) is 6.92 Å². The average Bonchev–Trinajstić information content (AvgIpc) is 3.03. The quantitative estimate of drug-likeness (QED) is 0.749. The number of rotatable bonds is 6. The number of para-hydroxylation sites is 1. The third kappa shape index (κ3) is 4.95. The summed E-state index contributed by atoms with van der Waals surface area (Å²) in [6, 6.07) is 8.30. The largest absolute Gasteiger partial charge is 0.357 e. The molecule has 1 fully saturated rings. The summed E-state index contributed by atoms with van der Waals surface area (Å²) in [5.74, 6) is 0.318. The molecule has 0 aliphatic heterocycles. The number of amides is 1. The van der Waals surface area contributed by atoms with Gasteiger partial charge in [0.1, 0.15) is 0 Å². The van der Waals surface area contributed by atoms with Gasteiger partial charge in [0.25, 0.3) is 0 Å². The molecular weight excluding hydrogens is 340 g/mol. The molecule has 1 amide bonds. The fourth-order valence-corrected chi connectivity index (χ4v) is 4.40. The molecule has 1 aromatic carbocycles. The van der Waals surface area contributed by atoms with E-state index in [2.05, 4.69) is 20.8 Å². The molecule has 1 aliphatic rings. The van der Waals surface area contributed by atoms with Crippen molar-refractivity contribution in [1.82, 2.24) is 10.2 Å². The molecule has 1 aliphatic carbocycles. The summed E-state index contributed by atoms with van der Waals surface area (Å²) in [6.07, 6.45) is 6.33. The lowest BCUT2D eigenvalue weighted by atomic mass is 9.96. The number of benzene rings is 1. The van der Waals surface area contributed by atoms with Crippen LogP contribution in [0.2, 0.25) is 0 Å². The number of hydrogen-bond donors (Lipinski definition) is 2. The van der Waals surface area contributed by atoms with Crippen LogP contribution < -0.4 is 10.6 Å². The van der Waals surface area contributed by atoms with Gasteiger partial charge < -0.3 is 10.6 Å². The van der Waals surface area contributed by atoms with Crippen molar-refractivity contribution < 1.29 is 4.79 Å². The topological polar surface area (TPSA) is 66.9 Å². The Morgan fingerprint density at radius 3 is 2.83 bits per heavy atom. The summed E-state index contributed by atoms with van der Waals surface area (Å²) in [5.41, 5.74) is 1.92. The Morgan fingerprint density at radius 1 is 1.25 bits per heavy atom. The zero-order valence-corrected chi connectivity index (χ0v) is 15.4.